The quantitative estimate of drug-likeness (QED) is 0.527. The van der Waals surface area contributed by atoms with Crippen molar-refractivity contribution in [3.05, 3.63) is 69.7 Å². The van der Waals surface area contributed by atoms with Crippen LogP contribution in [-0.2, 0) is 16.4 Å². The summed E-state index contributed by atoms with van der Waals surface area (Å²) in [4.78, 5) is 24.0. The number of hydrogen-bond donors (Lipinski definition) is 0. The van der Waals surface area contributed by atoms with Gasteiger partial charge in [-0.2, -0.15) is 0 Å². The van der Waals surface area contributed by atoms with Gasteiger partial charge in [0.05, 0.1) is 41.4 Å². The van der Waals surface area contributed by atoms with E-state index in [-0.39, 0.29) is 28.4 Å². The summed E-state index contributed by atoms with van der Waals surface area (Å²) in [5.74, 6) is 0.953. The number of aromatic nitrogens is 2. The molecule has 0 N–H and O–H groups in total. The zero-order valence-corrected chi connectivity index (χ0v) is 20.1. The summed E-state index contributed by atoms with van der Waals surface area (Å²) in [6.07, 6.45) is 1.54. The Labute approximate surface area is 200 Å². The Morgan fingerprint density at radius 1 is 1.21 bits per heavy atom. The minimum Gasteiger partial charge on any atom is -0.494 e. The number of hydrogen-bond acceptors (Lipinski definition) is 8. The molecule has 3 aromatic rings. The van der Waals surface area contributed by atoms with Crippen LogP contribution in [0.1, 0.15) is 12.6 Å². The smallest absolute Gasteiger partial charge is 0.258 e. The molecule has 2 aromatic heterocycles. The zero-order chi connectivity index (χ0) is 23.2. The summed E-state index contributed by atoms with van der Waals surface area (Å²) in [5, 5.41) is 1.09. The van der Waals surface area contributed by atoms with Gasteiger partial charge in [0.2, 0.25) is 0 Å². The first-order valence-electron chi connectivity index (χ1n) is 10.4. The van der Waals surface area contributed by atoms with E-state index in [0.29, 0.717) is 29.5 Å². The maximum atomic E-state index is 12.7. The lowest BCUT2D eigenvalue weighted by atomic mass is 10.2. The number of ether oxygens (including phenoxy) is 1. The molecule has 4 heterocycles. The van der Waals surface area contributed by atoms with Gasteiger partial charge in [-0.05, 0) is 43.3 Å². The highest BCUT2D eigenvalue weighted by molar-refractivity contribution is 8.15. The molecule has 0 saturated carbocycles. The third-order valence-electron chi connectivity index (χ3n) is 5.49. The van der Waals surface area contributed by atoms with Gasteiger partial charge in [0.25, 0.3) is 5.56 Å². The standard InChI is InChI=1S/C22H21ClN4O4S2/c1-2-31-17-6-4-16(5-7-17)26(22-25-18-12-33(29,30)13-19(18)32-22)11-15-9-21(28)27-10-14(23)3-8-20(27)24-15/h3-10,18-19H,2,11-13H2,1H3/t18-,19+/m1/s1. The van der Waals surface area contributed by atoms with Crippen LogP contribution in [0.5, 0.6) is 5.75 Å². The second-order valence-electron chi connectivity index (χ2n) is 7.89. The van der Waals surface area contributed by atoms with E-state index < -0.39 is 9.84 Å². The molecule has 33 heavy (non-hydrogen) atoms. The first kappa shape index (κ1) is 22.2. The predicted octanol–water partition coefficient (Wildman–Crippen LogP) is 3.02. The molecule has 1 aromatic carbocycles. The van der Waals surface area contributed by atoms with Gasteiger partial charge in [0.1, 0.15) is 11.4 Å². The number of sulfone groups is 1. The van der Waals surface area contributed by atoms with E-state index in [4.69, 9.17) is 21.3 Å². The maximum absolute atomic E-state index is 12.7. The molecule has 2 aliphatic heterocycles. The second kappa shape index (κ2) is 8.66. The Bertz CT molecular complexity index is 1410. The molecule has 0 unspecified atom stereocenters. The molecule has 2 atom stereocenters. The lowest BCUT2D eigenvalue weighted by Gasteiger charge is -2.24. The Morgan fingerprint density at radius 2 is 2.00 bits per heavy atom. The number of fused-ring (bicyclic) bond motifs is 2. The molecule has 11 heteroatoms. The Kier molecular flexibility index (Phi) is 5.84. The molecule has 2 aliphatic rings. The van der Waals surface area contributed by atoms with Crippen LogP contribution in [0.2, 0.25) is 5.02 Å². The van der Waals surface area contributed by atoms with Gasteiger partial charge in [0.15, 0.2) is 15.0 Å². The molecule has 0 aliphatic carbocycles. The lowest BCUT2D eigenvalue weighted by Crippen LogP contribution is -2.29. The third kappa shape index (κ3) is 4.60. The van der Waals surface area contributed by atoms with Crippen molar-refractivity contribution in [2.24, 2.45) is 4.99 Å². The van der Waals surface area contributed by atoms with Gasteiger partial charge >= 0.3 is 0 Å². The number of amidine groups is 1. The SMILES string of the molecule is CCOc1ccc(N(Cc2cc(=O)n3cc(Cl)ccc3n2)C2=N[C@@H]3CS(=O)(=O)C[C@@H]3S2)cc1. The van der Waals surface area contributed by atoms with Gasteiger partial charge in [-0.15, -0.1) is 0 Å². The Hall–Kier alpha value is -2.56. The van der Waals surface area contributed by atoms with E-state index >= 15 is 0 Å². The highest BCUT2D eigenvalue weighted by Gasteiger charge is 2.44. The number of thioether (sulfide) groups is 1. The summed E-state index contributed by atoms with van der Waals surface area (Å²) < 4.78 is 31.0. The number of anilines is 1. The van der Waals surface area contributed by atoms with Crippen molar-refractivity contribution in [2.75, 3.05) is 23.0 Å². The van der Waals surface area contributed by atoms with E-state index in [1.165, 1.54) is 22.2 Å². The van der Waals surface area contributed by atoms with Crippen LogP contribution in [0.4, 0.5) is 5.69 Å². The van der Waals surface area contributed by atoms with Gasteiger partial charge in [0, 0.05) is 23.2 Å². The number of halogens is 1. The van der Waals surface area contributed by atoms with Crippen molar-refractivity contribution < 1.29 is 13.2 Å². The fourth-order valence-electron chi connectivity index (χ4n) is 4.00. The Balaban J connectivity index is 1.51. The van der Waals surface area contributed by atoms with Crippen molar-refractivity contribution in [3.8, 4) is 5.75 Å². The van der Waals surface area contributed by atoms with Crippen molar-refractivity contribution in [3.63, 3.8) is 0 Å². The summed E-state index contributed by atoms with van der Waals surface area (Å²) in [6.45, 7) is 2.80. The van der Waals surface area contributed by atoms with E-state index in [0.717, 1.165) is 16.6 Å². The van der Waals surface area contributed by atoms with Crippen LogP contribution in [0.3, 0.4) is 0 Å². The largest absolute Gasteiger partial charge is 0.494 e. The highest BCUT2D eigenvalue weighted by atomic mass is 35.5. The average Bonchev–Trinajstić information content (AvgIpc) is 3.27. The predicted molar refractivity (Wildman–Crippen MR) is 132 cm³/mol. The number of pyridine rings is 1. The summed E-state index contributed by atoms with van der Waals surface area (Å²) in [7, 11) is -3.05. The normalized spacial score (nSPS) is 21.1. The Morgan fingerprint density at radius 3 is 2.73 bits per heavy atom. The number of aliphatic imine (C=N–C) groups is 1. The summed E-state index contributed by atoms with van der Waals surface area (Å²) >= 11 is 7.48. The van der Waals surface area contributed by atoms with E-state index in [1.807, 2.05) is 36.1 Å². The molecule has 0 spiro atoms. The second-order valence-corrected chi connectivity index (χ2v) is 11.7. The molecular weight excluding hydrogens is 484 g/mol. The lowest BCUT2D eigenvalue weighted by molar-refractivity contribution is 0.340. The van der Waals surface area contributed by atoms with E-state index in [2.05, 4.69) is 4.98 Å². The molecule has 0 bridgehead atoms. The minimum absolute atomic E-state index is 0.0710. The fraction of sp³-hybridized carbons (Fsp3) is 0.318. The average molecular weight is 505 g/mol. The molecule has 8 nitrogen and oxygen atoms in total. The van der Waals surface area contributed by atoms with E-state index in [9.17, 15) is 13.2 Å². The van der Waals surface area contributed by atoms with Crippen LogP contribution >= 0.6 is 23.4 Å². The van der Waals surface area contributed by atoms with Gasteiger partial charge in [-0.1, -0.05) is 23.4 Å². The van der Waals surface area contributed by atoms with E-state index in [1.54, 1.807) is 18.3 Å². The van der Waals surface area contributed by atoms with Crippen molar-refractivity contribution in [1.82, 2.24) is 9.38 Å². The maximum Gasteiger partial charge on any atom is 0.258 e. The van der Waals surface area contributed by atoms with Crippen molar-refractivity contribution in [2.45, 2.75) is 24.8 Å². The summed E-state index contributed by atoms with van der Waals surface area (Å²) in [6, 6.07) is 12.2. The number of benzene rings is 1. The molecule has 5 rings (SSSR count). The highest BCUT2D eigenvalue weighted by Crippen LogP contribution is 2.37. The van der Waals surface area contributed by atoms with Gasteiger partial charge in [-0.25, -0.2) is 13.4 Å². The van der Waals surface area contributed by atoms with Gasteiger partial charge < -0.3 is 9.64 Å². The third-order valence-corrected chi connectivity index (χ3v) is 8.96. The number of nitrogens with zero attached hydrogens (tertiary/aromatic N) is 4. The van der Waals surface area contributed by atoms with Crippen LogP contribution in [0.25, 0.3) is 5.65 Å². The van der Waals surface area contributed by atoms with Crippen LogP contribution in [-0.4, -0.2) is 52.4 Å². The van der Waals surface area contributed by atoms with Crippen LogP contribution in [0.15, 0.2) is 58.4 Å². The zero-order valence-electron chi connectivity index (χ0n) is 17.7. The van der Waals surface area contributed by atoms with Crippen LogP contribution in [0, 0.1) is 0 Å². The molecule has 0 radical (unpaired) electrons. The molecule has 1 saturated heterocycles. The number of rotatable bonds is 5. The van der Waals surface area contributed by atoms with Crippen molar-refractivity contribution >= 4 is 49.7 Å². The molecule has 172 valence electrons. The molecular formula is C22H21ClN4O4S2. The van der Waals surface area contributed by atoms with Crippen molar-refractivity contribution in [1.29, 1.82) is 0 Å². The van der Waals surface area contributed by atoms with Crippen LogP contribution < -0.4 is 15.2 Å². The monoisotopic (exact) mass is 504 g/mol. The summed E-state index contributed by atoms with van der Waals surface area (Å²) in [5.41, 5.74) is 1.69. The van der Waals surface area contributed by atoms with Gasteiger partial charge in [-0.3, -0.25) is 14.2 Å². The fourth-order valence-corrected chi connectivity index (χ4v) is 7.94. The topological polar surface area (TPSA) is 93.3 Å². The first-order chi connectivity index (χ1) is 15.8. The minimum atomic E-state index is -3.05. The molecule has 0 amide bonds. The first-order valence-corrected chi connectivity index (χ1v) is 13.5. The molecule has 1 fully saturated rings.